The van der Waals surface area contributed by atoms with Crippen molar-refractivity contribution in [2.75, 3.05) is 0 Å². The number of halogens is 2. The maximum absolute atomic E-state index is 13.4. The third-order valence-corrected chi connectivity index (χ3v) is 3.65. The van der Waals surface area contributed by atoms with Crippen molar-refractivity contribution in [2.45, 2.75) is 39.0 Å². The minimum absolute atomic E-state index is 0.264. The van der Waals surface area contributed by atoms with Crippen molar-refractivity contribution in [1.29, 1.82) is 0 Å². The molecule has 2 rings (SSSR count). The molecule has 0 N–H and O–H groups in total. The minimum atomic E-state index is -0.333. The maximum Gasteiger partial charge on any atom is 0.126 e. The molecule has 0 unspecified atom stereocenters. The molecule has 0 radical (unpaired) electrons. The standard InChI is InChI=1S/C14H18F2/c1-10-2-4-11(5-3-10)8-12-9-13(15)6-7-14(12)16/h6-7,9-11H,2-5,8H2,1H3. The van der Waals surface area contributed by atoms with Crippen LogP contribution in [0.5, 0.6) is 0 Å². The fraction of sp³-hybridized carbons (Fsp3) is 0.571. The van der Waals surface area contributed by atoms with E-state index < -0.39 is 0 Å². The molecule has 1 aromatic carbocycles. The Balaban J connectivity index is 2.00. The monoisotopic (exact) mass is 224 g/mol. The highest BCUT2D eigenvalue weighted by atomic mass is 19.1. The van der Waals surface area contributed by atoms with Crippen LogP contribution in [0.3, 0.4) is 0 Å². The van der Waals surface area contributed by atoms with Gasteiger partial charge in [-0.2, -0.15) is 0 Å². The van der Waals surface area contributed by atoms with Gasteiger partial charge in [-0.15, -0.1) is 0 Å². The summed E-state index contributed by atoms with van der Waals surface area (Å²) in [6.07, 6.45) is 5.44. The van der Waals surface area contributed by atoms with Crippen LogP contribution >= 0.6 is 0 Å². The Kier molecular flexibility index (Phi) is 3.57. The van der Waals surface area contributed by atoms with Crippen LogP contribution in [-0.4, -0.2) is 0 Å². The molecular weight excluding hydrogens is 206 g/mol. The third kappa shape index (κ3) is 2.81. The summed E-state index contributed by atoms with van der Waals surface area (Å²) in [5, 5.41) is 0. The van der Waals surface area contributed by atoms with Gasteiger partial charge in [0.2, 0.25) is 0 Å². The zero-order valence-electron chi connectivity index (χ0n) is 9.68. The van der Waals surface area contributed by atoms with Gasteiger partial charge in [-0.3, -0.25) is 0 Å². The van der Waals surface area contributed by atoms with Crippen molar-refractivity contribution in [1.82, 2.24) is 0 Å². The molecule has 0 aliphatic heterocycles. The molecule has 0 heterocycles. The van der Waals surface area contributed by atoms with Crippen molar-refractivity contribution in [3.63, 3.8) is 0 Å². The van der Waals surface area contributed by atoms with E-state index in [-0.39, 0.29) is 11.6 Å². The normalized spacial score (nSPS) is 25.7. The molecule has 0 bridgehead atoms. The van der Waals surface area contributed by atoms with Crippen LogP contribution in [0.1, 0.15) is 38.2 Å². The molecule has 1 aliphatic rings. The van der Waals surface area contributed by atoms with Crippen molar-refractivity contribution >= 4 is 0 Å². The first-order valence-corrected chi connectivity index (χ1v) is 6.09. The van der Waals surface area contributed by atoms with Crippen LogP contribution in [0.4, 0.5) is 8.78 Å². The molecular formula is C14H18F2. The van der Waals surface area contributed by atoms with Crippen molar-refractivity contribution in [3.8, 4) is 0 Å². The lowest BCUT2D eigenvalue weighted by Crippen LogP contribution is -2.15. The molecule has 0 amide bonds. The fourth-order valence-corrected chi connectivity index (χ4v) is 2.54. The summed E-state index contributed by atoms with van der Waals surface area (Å²) in [6, 6.07) is 3.76. The molecule has 16 heavy (non-hydrogen) atoms. The smallest absolute Gasteiger partial charge is 0.126 e. The quantitative estimate of drug-likeness (QED) is 0.701. The summed E-state index contributed by atoms with van der Waals surface area (Å²) in [5.74, 6) is 0.738. The molecule has 0 spiro atoms. The fourth-order valence-electron chi connectivity index (χ4n) is 2.54. The van der Waals surface area contributed by atoms with E-state index in [1.807, 2.05) is 0 Å². The third-order valence-electron chi connectivity index (χ3n) is 3.65. The summed E-state index contributed by atoms with van der Waals surface area (Å²) >= 11 is 0. The number of rotatable bonds is 2. The summed E-state index contributed by atoms with van der Waals surface area (Å²) in [6.45, 7) is 2.26. The first-order valence-electron chi connectivity index (χ1n) is 6.09. The molecule has 1 fully saturated rings. The van der Waals surface area contributed by atoms with E-state index in [1.165, 1.54) is 31.0 Å². The van der Waals surface area contributed by atoms with Gasteiger partial charge >= 0.3 is 0 Å². The van der Waals surface area contributed by atoms with Crippen LogP contribution in [0.15, 0.2) is 18.2 Å². The van der Waals surface area contributed by atoms with Crippen LogP contribution in [0, 0.1) is 23.5 Å². The van der Waals surface area contributed by atoms with Gasteiger partial charge in [0, 0.05) is 0 Å². The summed E-state index contributed by atoms with van der Waals surface area (Å²) in [4.78, 5) is 0. The summed E-state index contributed by atoms with van der Waals surface area (Å²) in [5.41, 5.74) is 0.541. The molecule has 0 saturated heterocycles. The second-order valence-corrected chi connectivity index (χ2v) is 5.07. The Hall–Kier alpha value is -0.920. The average Bonchev–Trinajstić information content (AvgIpc) is 2.27. The largest absolute Gasteiger partial charge is 0.207 e. The van der Waals surface area contributed by atoms with Gasteiger partial charge in [-0.05, 0) is 54.9 Å². The summed E-state index contributed by atoms with van der Waals surface area (Å²) < 4.78 is 26.4. The topological polar surface area (TPSA) is 0 Å². The first kappa shape index (κ1) is 11.6. The van der Waals surface area contributed by atoms with E-state index in [2.05, 4.69) is 6.92 Å². The number of hydrogen-bond acceptors (Lipinski definition) is 0. The molecule has 88 valence electrons. The lowest BCUT2D eigenvalue weighted by molar-refractivity contribution is 0.287. The molecule has 1 saturated carbocycles. The van der Waals surface area contributed by atoms with Gasteiger partial charge in [0.15, 0.2) is 0 Å². The second kappa shape index (κ2) is 4.94. The van der Waals surface area contributed by atoms with Crippen molar-refractivity contribution in [2.24, 2.45) is 11.8 Å². The van der Waals surface area contributed by atoms with E-state index in [0.717, 1.165) is 18.8 Å². The Labute approximate surface area is 95.7 Å². The van der Waals surface area contributed by atoms with E-state index in [4.69, 9.17) is 0 Å². The lowest BCUT2D eigenvalue weighted by Gasteiger charge is -2.26. The highest BCUT2D eigenvalue weighted by Crippen LogP contribution is 2.31. The lowest BCUT2D eigenvalue weighted by atomic mass is 9.80. The highest BCUT2D eigenvalue weighted by Gasteiger charge is 2.19. The molecule has 2 heteroatoms. The van der Waals surface area contributed by atoms with Gasteiger partial charge in [0.1, 0.15) is 11.6 Å². The van der Waals surface area contributed by atoms with E-state index in [1.54, 1.807) is 0 Å². The van der Waals surface area contributed by atoms with Gasteiger partial charge in [0.25, 0.3) is 0 Å². The van der Waals surface area contributed by atoms with Crippen molar-refractivity contribution in [3.05, 3.63) is 35.4 Å². The Morgan fingerprint density at radius 2 is 1.81 bits per heavy atom. The first-order chi connectivity index (χ1) is 7.65. The Morgan fingerprint density at radius 3 is 2.50 bits per heavy atom. The van der Waals surface area contributed by atoms with E-state index >= 15 is 0 Å². The zero-order chi connectivity index (χ0) is 11.5. The van der Waals surface area contributed by atoms with Crippen LogP contribution in [-0.2, 0) is 6.42 Å². The van der Waals surface area contributed by atoms with Crippen molar-refractivity contribution < 1.29 is 8.78 Å². The molecule has 0 nitrogen and oxygen atoms in total. The SMILES string of the molecule is CC1CCC(Cc2cc(F)ccc2F)CC1. The van der Waals surface area contributed by atoms with Gasteiger partial charge < -0.3 is 0 Å². The molecule has 1 aliphatic carbocycles. The van der Waals surface area contributed by atoms with Crippen LogP contribution in [0.2, 0.25) is 0 Å². The van der Waals surface area contributed by atoms with Gasteiger partial charge in [-0.25, -0.2) is 8.78 Å². The second-order valence-electron chi connectivity index (χ2n) is 5.07. The predicted octanol–water partition coefficient (Wildman–Crippen LogP) is 4.33. The zero-order valence-corrected chi connectivity index (χ0v) is 9.68. The predicted molar refractivity (Wildman–Crippen MR) is 61.2 cm³/mol. The van der Waals surface area contributed by atoms with E-state index in [0.29, 0.717) is 17.9 Å². The maximum atomic E-state index is 13.4. The minimum Gasteiger partial charge on any atom is -0.207 e. The number of benzene rings is 1. The Bertz CT molecular complexity index is 352. The molecule has 0 atom stereocenters. The Morgan fingerprint density at radius 1 is 1.12 bits per heavy atom. The van der Waals surface area contributed by atoms with Crippen LogP contribution < -0.4 is 0 Å². The number of hydrogen-bond donors (Lipinski definition) is 0. The van der Waals surface area contributed by atoms with Crippen LogP contribution in [0.25, 0.3) is 0 Å². The highest BCUT2D eigenvalue weighted by molar-refractivity contribution is 5.19. The van der Waals surface area contributed by atoms with Gasteiger partial charge in [0.05, 0.1) is 0 Å². The molecule has 1 aromatic rings. The average molecular weight is 224 g/mol. The van der Waals surface area contributed by atoms with E-state index in [9.17, 15) is 8.78 Å². The summed E-state index contributed by atoms with van der Waals surface area (Å²) in [7, 11) is 0. The van der Waals surface area contributed by atoms with Gasteiger partial charge in [-0.1, -0.05) is 19.8 Å². The molecule has 0 aromatic heterocycles.